The number of hydrogen-bond donors (Lipinski definition) is 0. The third kappa shape index (κ3) is 4.68. The zero-order valence-corrected chi connectivity index (χ0v) is 28.7. The maximum atomic E-state index is 6.66. The molecule has 0 amide bonds. The molecule has 11 aromatic rings. The van der Waals surface area contributed by atoms with Gasteiger partial charge in [0.2, 0.25) is 0 Å². The third-order valence-electron chi connectivity index (χ3n) is 10.7. The van der Waals surface area contributed by atoms with Gasteiger partial charge in [0.25, 0.3) is 0 Å². The third-order valence-corrected chi connectivity index (χ3v) is 10.7. The lowest BCUT2D eigenvalue weighted by Crippen LogP contribution is -2.10. The number of anilines is 3. The fourth-order valence-corrected chi connectivity index (χ4v) is 8.22. The van der Waals surface area contributed by atoms with Gasteiger partial charge in [-0.05, 0) is 93.0 Å². The van der Waals surface area contributed by atoms with Gasteiger partial charge in [-0.25, -0.2) is 0 Å². The Bertz CT molecular complexity index is 3160. The predicted molar refractivity (Wildman–Crippen MR) is 222 cm³/mol. The molecule has 248 valence electrons. The first-order valence-electron chi connectivity index (χ1n) is 18.0. The van der Waals surface area contributed by atoms with E-state index >= 15 is 0 Å². The normalized spacial score (nSPS) is 11.8. The van der Waals surface area contributed by atoms with Crippen LogP contribution < -0.4 is 4.90 Å². The summed E-state index contributed by atoms with van der Waals surface area (Å²) >= 11 is 0. The van der Waals surface area contributed by atoms with E-state index in [0.29, 0.717) is 0 Å². The first-order valence-corrected chi connectivity index (χ1v) is 18.0. The van der Waals surface area contributed by atoms with Crippen LogP contribution in [0.2, 0.25) is 0 Å². The molecule has 0 aliphatic rings. The molecule has 9 aromatic carbocycles. The molecule has 0 aliphatic carbocycles. The minimum Gasteiger partial charge on any atom is -0.456 e. The smallest absolute Gasteiger partial charge is 0.143 e. The highest BCUT2D eigenvalue weighted by molar-refractivity contribution is 6.19. The van der Waals surface area contributed by atoms with Crippen LogP contribution in [0.5, 0.6) is 0 Å². The van der Waals surface area contributed by atoms with Gasteiger partial charge in [0, 0.05) is 32.9 Å². The lowest BCUT2D eigenvalue weighted by molar-refractivity contribution is 0.669. The quantitative estimate of drug-likeness (QED) is 0.182. The zero-order valence-electron chi connectivity index (χ0n) is 28.7. The minimum absolute atomic E-state index is 0.862. The number of fused-ring (bicyclic) bond motifs is 9. The van der Waals surface area contributed by atoms with Crippen molar-refractivity contribution in [2.45, 2.75) is 0 Å². The van der Waals surface area contributed by atoms with Crippen LogP contribution in [0.3, 0.4) is 0 Å². The average Bonchev–Trinajstić information content (AvgIpc) is 3.81. The van der Waals surface area contributed by atoms with E-state index in [9.17, 15) is 0 Å². The Balaban J connectivity index is 1.10. The van der Waals surface area contributed by atoms with Crippen molar-refractivity contribution in [1.82, 2.24) is 0 Å². The zero-order chi connectivity index (χ0) is 34.9. The molecule has 2 aromatic heterocycles. The Hall–Kier alpha value is -7.10. The number of hydrogen-bond acceptors (Lipinski definition) is 3. The molecule has 0 bridgehead atoms. The van der Waals surface area contributed by atoms with E-state index in [1.165, 1.54) is 21.9 Å². The summed E-state index contributed by atoms with van der Waals surface area (Å²) in [5, 5.41) is 9.21. The van der Waals surface area contributed by atoms with Gasteiger partial charge in [0.1, 0.15) is 22.3 Å². The second kappa shape index (κ2) is 11.7. The number of para-hydroxylation sites is 1. The number of nitrogens with zero attached hydrogens (tertiary/aromatic N) is 1. The molecule has 0 N–H and O–H groups in total. The van der Waals surface area contributed by atoms with Gasteiger partial charge in [-0.15, -0.1) is 0 Å². The standard InChI is InChI=1S/C50H31NO2/c1-3-13-38-32(10-1)12-7-16-39(38)34-22-27-36(28-23-34)51(44-18-9-21-47-49(44)43-31-26-33-11-2-4-14-41(33)50(43)53-47)37-29-24-35(25-30-37)40-17-8-20-46-48(40)42-15-5-6-19-45(42)52-46/h1-31H. The minimum atomic E-state index is 0.862. The van der Waals surface area contributed by atoms with Crippen LogP contribution in [-0.4, -0.2) is 0 Å². The van der Waals surface area contributed by atoms with Gasteiger partial charge in [-0.3, -0.25) is 0 Å². The molecule has 0 saturated carbocycles. The Labute approximate surface area is 305 Å². The Morgan fingerprint density at radius 3 is 1.64 bits per heavy atom. The highest BCUT2D eigenvalue weighted by Gasteiger charge is 2.21. The maximum absolute atomic E-state index is 6.66. The lowest BCUT2D eigenvalue weighted by atomic mass is 9.97. The van der Waals surface area contributed by atoms with Crippen LogP contribution in [0.15, 0.2) is 197 Å². The van der Waals surface area contributed by atoms with Crippen LogP contribution in [0.25, 0.3) is 87.7 Å². The van der Waals surface area contributed by atoms with Crippen molar-refractivity contribution in [3.8, 4) is 22.3 Å². The predicted octanol–water partition coefficient (Wildman–Crippen LogP) is 14.6. The van der Waals surface area contributed by atoms with Gasteiger partial charge in [0.15, 0.2) is 0 Å². The van der Waals surface area contributed by atoms with Gasteiger partial charge in [0.05, 0.1) is 11.1 Å². The van der Waals surface area contributed by atoms with Crippen LogP contribution in [0.4, 0.5) is 17.1 Å². The van der Waals surface area contributed by atoms with Crippen LogP contribution in [-0.2, 0) is 0 Å². The molecule has 0 aliphatic heterocycles. The molecular weight excluding hydrogens is 647 g/mol. The molecular formula is C50H31NO2. The maximum Gasteiger partial charge on any atom is 0.143 e. The Morgan fingerprint density at radius 1 is 0.321 bits per heavy atom. The fourth-order valence-electron chi connectivity index (χ4n) is 8.22. The van der Waals surface area contributed by atoms with Crippen LogP contribution in [0.1, 0.15) is 0 Å². The highest BCUT2D eigenvalue weighted by atomic mass is 16.3. The van der Waals surface area contributed by atoms with Gasteiger partial charge in [-0.2, -0.15) is 0 Å². The summed E-state index contributed by atoms with van der Waals surface area (Å²) in [5.41, 5.74) is 11.4. The van der Waals surface area contributed by atoms with E-state index in [1.807, 2.05) is 12.1 Å². The van der Waals surface area contributed by atoms with Crippen molar-refractivity contribution in [3.63, 3.8) is 0 Å². The monoisotopic (exact) mass is 677 g/mol. The van der Waals surface area contributed by atoms with Gasteiger partial charge in [-0.1, -0.05) is 133 Å². The highest BCUT2D eigenvalue weighted by Crippen LogP contribution is 2.45. The van der Waals surface area contributed by atoms with Crippen molar-refractivity contribution in [1.29, 1.82) is 0 Å². The summed E-state index contributed by atoms with van der Waals surface area (Å²) in [6.45, 7) is 0. The molecule has 53 heavy (non-hydrogen) atoms. The first kappa shape index (κ1) is 29.6. The SMILES string of the molecule is c1ccc2c(-c3ccc(N(c4ccc(-c5cccc6oc7ccccc7c56)cc4)c4cccc5oc6c7ccccc7ccc6c45)cc3)cccc2c1. The summed E-state index contributed by atoms with van der Waals surface area (Å²) in [6.07, 6.45) is 0. The summed E-state index contributed by atoms with van der Waals surface area (Å²) < 4.78 is 12.9. The molecule has 0 fully saturated rings. The van der Waals surface area contributed by atoms with Gasteiger partial charge >= 0.3 is 0 Å². The van der Waals surface area contributed by atoms with E-state index in [1.54, 1.807) is 0 Å². The van der Waals surface area contributed by atoms with Crippen LogP contribution >= 0.6 is 0 Å². The molecule has 0 unspecified atom stereocenters. The van der Waals surface area contributed by atoms with E-state index in [0.717, 1.165) is 82.8 Å². The Kier molecular flexibility index (Phi) is 6.55. The number of rotatable bonds is 5. The van der Waals surface area contributed by atoms with Crippen LogP contribution in [0, 0.1) is 0 Å². The van der Waals surface area contributed by atoms with Crippen molar-refractivity contribution in [2.75, 3.05) is 4.90 Å². The molecule has 3 nitrogen and oxygen atoms in total. The molecule has 0 radical (unpaired) electrons. The first-order chi connectivity index (χ1) is 26.3. The summed E-state index contributed by atoms with van der Waals surface area (Å²) in [6, 6.07) is 66.8. The number of furan rings is 2. The molecule has 0 spiro atoms. The average molecular weight is 678 g/mol. The summed E-state index contributed by atoms with van der Waals surface area (Å²) in [4.78, 5) is 2.36. The van der Waals surface area contributed by atoms with E-state index in [-0.39, 0.29) is 0 Å². The second-order valence-corrected chi connectivity index (χ2v) is 13.6. The largest absolute Gasteiger partial charge is 0.456 e. The van der Waals surface area contributed by atoms with Gasteiger partial charge < -0.3 is 13.7 Å². The van der Waals surface area contributed by atoms with E-state index < -0.39 is 0 Å². The molecule has 3 heteroatoms. The van der Waals surface area contributed by atoms with Crippen molar-refractivity contribution >= 4 is 82.5 Å². The summed E-state index contributed by atoms with van der Waals surface area (Å²) in [5.74, 6) is 0. The molecule has 2 heterocycles. The fraction of sp³-hybridized carbons (Fsp3) is 0. The Morgan fingerprint density at radius 2 is 0.868 bits per heavy atom. The second-order valence-electron chi connectivity index (χ2n) is 13.6. The van der Waals surface area contributed by atoms with Crippen molar-refractivity contribution in [3.05, 3.63) is 188 Å². The molecule has 0 atom stereocenters. The van der Waals surface area contributed by atoms with Crippen molar-refractivity contribution < 1.29 is 8.83 Å². The summed E-state index contributed by atoms with van der Waals surface area (Å²) in [7, 11) is 0. The van der Waals surface area contributed by atoms with E-state index in [4.69, 9.17) is 8.83 Å². The number of benzene rings is 9. The van der Waals surface area contributed by atoms with E-state index in [2.05, 4.69) is 181 Å². The molecule has 0 saturated heterocycles. The molecule has 11 rings (SSSR count). The topological polar surface area (TPSA) is 29.5 Å². The lowest BCUT2D eigenvalue weighted by Gasteiger charge is -2.27. The van der Waals surface area contributed by atoms with Crippen molar-refractivity contribution in [2.24, 2.45) is 0 Å².